The number of hydrogen-bond donors (Lipinski definition) is 3. The van der Waals surface area contributed by atoms with Gasteiger partial charge in [-0.15, -0.1) is 0 Å². The number of guanidine groups is 1. The zero-order chi connectivity index (χ0) is 23.4. The van der Waals surface area contributed by atoms with Crippen LogP contribution in [0, 0.1) is 5.82 Å². The summed E-state index contributed by atoms with van der Waals surface area (Å²) in [4.78, 5) is 18.7. The Hall–Kier alpha value is -2.39. The van der Waals surface area contributed by atoms with Gasteiger partial charge in [0.05, 0.1) is 18.8 Å². The molecule has 3 N–H and O–H groups in total. The molecular formula is C22H35FN4O4. The highest BCUT2D eigenvalue weighted by Crippen LogP contribution is 2.33. The molecule has 31 heavy (non-hydrogen) atoms. The molecule has 174 valence electrons. The molecular weight excluding hydrogens is 403 g/mol. The van der Waals surface area contributed by atoms with Gasteiger partial charge < -0.3 is 25.2 Å². The molecule has 1 heterocycles. The van der Waals surface area contributed by atoms with Crippen LogP contribution in [0.3, 0.4) is 0 Å². The number of rotatable bonds is 5. The average molecular weight is 439 g/mol. The summed E-state index contributed by atoms with van der Waals surface area (Å²) in [7, 11) is 1.64. The van der Waals surface area contributed by atoms with E-state index in [0.29, 0.717) is 19.0 Å². The molecule has 1 aliphatic rings. The van der Waals surface area contributed by atoms with Crippen molar-refractivity contribution in [2.24, 2.45) is 4.99 Å². The number of benzene rings is 1. The molecule has 1 aliphatic heterocycles. The zero-order valence-electron chi connectivity index (χ0n) is 19.5. The van der Waals surface area contributed by atoms with Gasteiger partial charge >= 0.3 is 6.09 Å². The predicted molar refractivity (Wildman–Crippen MR) is 117 cm³/mol. The predicted octanol–water partition coefficient (Wildman–Crippen LogP) is 2.74. The molecule has 0 saturated carbocycles. The van der Waals surface area contributed by atoms with E-state index in [9.17, 15) is 14.3 Å². The van der Waals surface area contributed by atoms with Crippen molar-refractivity contribution in [3.05, 3.63) is 35.1 Å². The Bertz CT molecular complexity index is 807. The standard InChI is InChI=1S/C22H35FN4O4/c1-14-18(27(22(5,6)30-14)20(29)31-21(2,3)4)12-26-19(24-7)25-11-15-8-9-17(23)16(10-15)13-28/h8-10,14,18,28H,11-13H2,1-7H3,(H2,24,25,26). The van der Waals surface area contributed by atoms with Crippen molar-refractivity contribution in [2.75, 3.05) is 13.6 Å². The molecule has 8 nitrogen and oxygen atoms in total. The topological polar surface area (TPSA) is 95.4 Å². The van der Waals surface area contributed by atoms with E-state index in [2.05, 4.69) is 15.6 Å². The number of aliphatic imine (C=N–C) groups is 1. The highest BCUT2D eigenvalue weighted by molar-refractivity contribution is 5.79. The van der Waals surface area contributed by atoms with Crippen molar-refractivity contribution >= 4 is 12.1 Å². The van der Waals surface area contributed by atoms with Crippen molar-refractivity contribution in [1.29, 1.82) is 0 Å². The number of amides is 1. The molecule has 1 aromatic carbocycles. The summed E-state index contributed by atoms with van der Waals surface area (Å²) >= 11 is 0. The fraction of sp³-hybridized carbons (Fsp3) is 0.636. The number of carbonyl (C=O) groups is 1. The number of carbonyl (C=O) groups excluding carboxylic acids is 1. The lowest BCUT2D eigenvalue weighted by Gasteiger charge is -2.35. The van der Waals surface area contributed by atoms with E-state index in [1.54, 1.807) is 24.1 Å². The van der Waals surface area contributed by atoms with Gasteiger partial charge in [-0.1, -0.05) is 6.07 Å². The number of aliphatic hydroxyl groups excluding tert-OH is 1. The Kier molecular flexibility index (Phi) is 7.88. The van der Waals surface area contributed by atoms with Crippen LogP contribution in [0.1, 0.15) is 52.7 Å². The Morgan fingerprint density at radius 2 is 2.03 bits per heavy atom. The number of nitrogens with zero attached hydrogens (tertiary/aromatic N) is 2. The lowest BCUT2D eigenvalue weighted by Crippen LogP contribution is -2.54. The van der Waals surface area contributed by atoms with Crippen LogP contribution in [-0.2, 0) is 22.6 Å². The van der Waals surface area contributed by atoms with Crippen molar-refractivity contribution in [3.63, 3.8) is 0 Å². The van der Waals surface area contributed by atoms with Crippen LogP contribution in [0.15, 0.2) is 23.2 Å². The smallest absolute Gasteiger partial charge is 0.412 e. The molecule has 0 bridgehead atoms. The number of hydrogen-bond acceptors (Lipinski definition) is 5. The maximum Gasteiger partial charge on any atom is 0.412 e. The summed E-state index contributed by atoms with van der Waals surface area (Å²) in [6.07, 6.45) is -0.642. The molecule has 0 radical (unpaired) electrons. The van der Waals surface area contributed by atoms with Crippen LogP contribution in [0.25, 0.3) is 0 Å². The van der Waals surface area contributed by atoms with Gasteiger partial charge in [-0.3, -0.25) is 9.89 Å². The molecule has 9 heteroatoms. The first kappa shape index (κ1) is 24.9. The monoisotopic (exact) mass is 438 g/mol. The summed E-state index contributed by atoms with van der Waals surface area (Å²) < 4.78 is 25.2. The minimum Gasteiger partial charge on any atom is -0.444 e. The van der Waals surface area contributed by atoms with E-state index < -0.39 is 23.2 Å². The second-order valence-electron chi connectivity index (χ2n) is 9.08. The van der Waals surface area contributed by atoms with Crippen LogP contribution < -0.4 is 10.6 Å². The van der Waals surface area contributed by atoms with Gasteiger partial charge in [0.25, 0.3) is 0 Å². The molecule has 2 unspecified atom stereocenters. The third-order valence-electron chi connectivity index (χ3n) is 4.96. The fourth-order valence-electron chi connectivity index (χ4n) is 3.59. The number of halogens is 1. The summed E-state index contributed by atoms with van der Waals surface area (Å²) in [5, 5.41) is 15.6. The first-order valence-corrected chi connectivity index (χ1v) is 10.4. The second-order valence-corrected chi connectivity index (χ2v) is 9.08. The molecule has 2 atom stereocenters. The Morgan fingerprint density at radius 1 is 1.35 bits per heavy atom. The minimum atomic E-state index is -0.806. The molecule has 0 aromatic heterocycles. The average Bonchev–Trinajstić information content (AvgIpc) is 2.89. The lowest BCUT2D eigenvalue weighted by molar-refractivity contribution is -0.0755. The molecule has 0 aliphatic carbocycles. The molecule has 1 aromatic rings. The number of aliphatic hydroxyl groups is 1. The molecule has 1 fully saturated rings. The lowest BCUT2D eigenvalue weighted by atomic mass is 10.1. The van der Waals surface area contributed by atoms with Crippen molar-refractivity contribution in [2.45, 2.75) is 78.2 Å². The molecule has 2 rings (SSSR count). The Labute approximate surface area is 183 Å². The zero-order valence-corrected chi connectivity index (χ0v) is 19.5. The van der Waals surface area contributed by atoms with Crippen molar-refractivity contribution in [3.8, 4) is 0 Å². The molecule has 1 saturated heterocycles. The Morgan fingerprint density at radius 3 is 2.61 bits per heavy atom. The third-order valence-corrected chi connectivity index (χ3v) is 4.96. The van der Waals surface area contributed by atoms with Crippen LogP contribution >= 0.6 is 0 Å². The number of ether oxygens (including phenoxy) is 2. The summed E-state index contributed by atoms with van der Waals surface area (Å²) in [6, 6.07) is 4.32. The van der Waals surface area contributed by atoms with E-state index in [-0.39, 0.29) is 24.3 Å². The maximum absolute atomic E-state index is 13.6. The highest BCUT2D eigenvalue weighted by Gasteiger charge is 2.49. The summed E-state index contributed by atoms with van der Waals surface area (Å²) in [5.41, 5.74) is -0.367. The fourth-order valence-corrected chi connectivity index (χ4v) is 3.59. The first-order valence-electron chi connectivity index (χ1n) is 10.4. The van der Waals surface area contributed by atoms with E-state index in [4.69, 9.17) is 9.47 Å². The summed E-state index contributed by atoms with van der Waals surface area (Å²) in [5.74, 6) is 0.0877. The van der Waals surface area contributed by atoms with Gasteiger partial charge in [-0.2, -0.15) is 0 Å². The van der Waals surface area contributed by atoms with E-state index in [1.807, 2.05) is 41.5 Å². The van der Waals surface area contributed by atoms with Crippen LogP contribution in [0.4, 0.5) is 9.18 Å². The normalized spacial score (nSPS) is 21.2. The van der Waals surface area contributed by atoms with Gasteiger partial charge in [0.1, 0.15) is 17.1 Å². The van der Waals surface area contributed by atoms with E-state index >= 15 is 0 Å². The van der Waals surface area contributed by atoms with Crippen LogP contribution in [0.5, 0.6) is 0 Å². The second kappa shape index (κ2) is 9.82. The van der Waals surface area contributed by atoms with Gasteiger partial charge in [0, 0.05) is 25.7 Å². The van der Waals surface area contributed by atoms with Crippen LogP contribution in [-0.4, -0.2) is 59.1 Å². The minimum absolute atomic E-state index is 0.211. The van der Waals surface area contributed by atoms with Gasteiger partial charge in [0.15, 0.2) is 5.96 Å². The largest absolute Gasteiger partial charge is 0.444 e. The van der Waals surface area contributed by atoms with E-state index in [1.165, 1.54) is 6.07 Å². The van der Waals surface area contributed by atoms with Crippen molar-refractivity contribution in [1.82, 2.24) is 15.5 Å². The molecule has 0 spiro atoms. The highest BCUT2D eigenvalue weighted by atomic mass is 19.1. The number of nitrogens with one attached hydrogen (secondary N) is 2. The molecule has 1 amide bonds. The third kappa shape index (κ3) is 6.54. The van der Waals surface area contributed by atoms with Crippen molar-refractivity contribution < 1.29 is 23.8 Å². The van der Waals surface area contributed by atoms with Gasteiger partial charge in [-0.25, -0.2) is 9.18 Å². The quantitative estimate of drug-likeness (QED) is 0.483. The SMILES string of the molecule is CN=C(NCc1ccc(F)c(CO)c1)NCC1C(C)OC(C)(C)N1C(=O)OC(C)(C)C. The van der Waals surface area contributed by atoms with Crippen LogP contribution in [0.2, 0.25) is 0 Å². The first-order chi connectivity index (χ1) is 14.4. The summed E-state index contributed by atoms with van der Waals surface area (Å²) in [6.45, 7) is 11.5. The Balaban J connectivity index is 2.03. The van der Waals surface area contributed by atoms with E-state index in [0.717, 1.165) is 5.56 Å². The van der Waals surface area contributed by atoms with Gasteiger partial charge in [-0.05, 0) is 59.2 Å². The van der Waals surface area contributed by atoms with Gasteiger partial charge in [0.2, 0.25) is 0 Å². The maximum atomic E-state index is 13.6.